The van der Waals surface area contributed by atoms with Crippen LogP contribution < -0.4 is 150 Å². The first-order valence-corrected chi connectivity index (χ1v) is 7.35. The molecule has 1 saturated carbocycles. The van der Waals surface area contributed by atoms with Gasteiger partial charge in [-0.2, -0.15) is 0 Å². The standard InChI is InChI=1S/C14H22N2O8.4Na/c15-13-7(3-11(21)22)5(1-9(17)18)6(2-10(19)20)8(14(13)16)4-12(23)24;;;;/h5-8,13-14H,1-4,15-16H2,(H,17,18)(H,19,20)(H,21,22)(H,23,24);;;;/q;4*+1/p-4. The van der Waals surface area contributed by atoms with E-state index >= 15 is 0 Å². The molecule has 0 aromatic carbocycles. The Labute approximate surface area is 251 Å². The summed E-state index contributed by atoms with van der Waals surface area (Å²) in [6, 6.07) is -2.09. The Bertz CT molecular complexity index is 493. The van der Waals surface area contributed by atoms with Crippen LogP contribution in [0.2, 0.25) is 0 Å². The van der Waals surface area contributed by atoms with E-state index in [9.17, 15) is 39.6 Å². The zero-order valence-electron chi connectivity index (χ0n) is 16.7. The van der Waals surface area contributed by atoms with Crippen molar-refractivity contribution in [3.63, 3.8) is 0 Å². The SMILES string of the molecule is NC1C(N)C(CC(=O)[O-])C(CC(=O)[O-])C(CC(=O)[O-])C1CC(=O)[O-].[Na+].[Na+].[Na+].[Na+]. The molecule has 6 unspecified atom stereocenters. The fraction of sp³-hybridized carbons (Fsp3) is 0.714. The van der Waals surface area contributed by atoms with Crippen molar-refractivity contribution < 1.29 is 158 Å². The number of carbonyl (C=O) groups excluding carboxylic acids is 4. The molecule has 0 bridgehead atoms. The van der Waals surface area contributed by atoms with Gasteiger partial charge in [-0.3, -0.25) is 0 Å². The molecular weight excluding hydrogens is 416 g/mol. The summed E-state index contributed by atoms with van der Waals surface area (Å²) in [5.41, 5.74) is 11.8. The van der Waals surface area contributed by atoms with Gasteiger partial charge < -0.3 is 51.1 Å². The van der Waals surface area contributed by atoms with Crippen molar-refractivity contribution in [3.8, 4) is 0 Å². The van der Waals surface area contributed by atoms with Crippen molar-refractivity contribution in [1.82, 2.24) is 0 Å². The molecule has 0 saturated heterocycles. The molecule has 14 heteroatoms. The van der Waals surface area contributed by atoms with Crippen LogP contribution in [-0.4, -0.2) is 36.0 Å². The van der Waals surface area contributed by atoms with E-state index in [-0.39, 0.29) is 118 Å². The summed E-state index contributed by atoms with van der Waals surface area (Å²) in [5, 5.41) is 43.9. The van der Waals surface area contributed by atoms with Gasteiger partial charge in [-0.15, -0.1) is 0 Å². The number of rotatable bonds is 8. The van der Waals surface area contributed by atoms with Gasteiger partial charge in [0.25, 0.3) is 0 Å². The molecule has 0 radical (unpaired) electrons. The Morgan fingerprint density at radius 2 is 0.679 bits per heavy atom. The summed E-state index contributed by atoms with van der Waals surface area (Å²) in [6.07, 6.45) is -2.62. The molecule has 1 aliphatic carbocycles. The third-order valence-electron chi connectivity index (χ3n) is 4.69. The topological polar surface area (TPSA) is 213 Å². The molecule has 1 aliphatic rings. The smallest absolute Gasteiger partial charge is 0.550 e. The average molecular weight is 434 g/mol. The largest absolute Gasteiger partial charge is 1.00 e. The maximum Gasteiger partial charge on any atom is 1.00 e. The summed E-state index contributed by atoms with van der Waals surface area (Å²) in [6.45, 7) is 0. The van der Waals surface area contributed by atoms with E-state index in [2.05, 4.69) is 0 Å². The first-order chi connectivity index (χ1) is 11.0. The van der Waals surface area contributed by atoms with Crippen LogP contribution in [0.5, 0.6) is 0 Å². The second-order valence-electron chi connectivity index (χ2n) is 6.11. The van der Waals surface area contributed by atoms with Crippen LogP contribution in [0.4, 0.5) is 0 Å². The van der Waals surface area contributed by atoms with Crippen LogP contribution in [-0.2, 0) is 19.2 Å². The first kappa shape index (κ1) is 37.1. The number of carbonyl (C=O) groups is 4. The Balaban J connectivity index is -0.000000720. The van der Waals surface area contributed by atoms with Crippen molar-refractivity contribution in [1.29, 1.82) is 0 Å². The minimum Gasteiger partial charge on any atom is -0.550 e. The fourth-order valence-corrected chi connectivity index (χ4v) is 3.73. The van der Waals surface area contributed by atoms with Crippen molar-refractivity contribution in [3.05, 3.63) is 0 Å². The summed E-state index contributed by atoms with van der Waals surface area (Å²) >= 11 is 0. The predicted molar refractivity (Wildman–Crippen MR) is 68.4 cm³/mol. The summed E-state index contributed by atoms with van der Waals surface area (Å²) in [7, 11) is 0. The molecule has 0 amide bonds. The van der Waals surface area contributed by atoms with E-state index in [1.165, 1.54) is 0 Å². The average Bonchev–Trinajstić information content (AvgIpc) is 2.42. The van der Waals surface area contributed by atoms with Crippen molar-refractivity contribution >= 4 is 23.9 Å². The normalized spacial score (nSPS) is 28.2. The summed E-state index contributed by atoms with van der Waals surface area (Å²) < 4.78 is 0. The Kier molecular flexibility index (Phi) is 23.0. The molecule has 28 heavy (non-hydrogen) atoms. The summed E-state index contributed by atoms with van der Waals surface area (Å²) in [4.78, 5) is 43.9. The van der Waals surface area contributed by atoms with Gasteiger partial charge in [0, 0.05) is 36.0 Å². The van der Waals surface area contributed by atoms with Crippen LogP contribution in [0.3, 0.4) is 0 Å². The third-order valence-corrected chi connectivity index (χ3v) is 4.69. The second kappa shape index (κ2) is 17.4. The maximum absolute atomic E-state index is 11.0. The summed E-state index contributed by atoms with van der Waals surface area (Å²) in [5.74, 6) is -10.2. The minimum atomic E-state index is -1.54. The third kappa shape index (κ3) is 11.4. The number of aliphatic carboxylic acids is 4. The van der Waals surface area contributed by atoms with Crippen LogP contribution in [0.15, 0.2) is 0 Å². The number of nitrogens with two attached hydrogens (primary N) is 2. The van der Waals surface area contributed by atoms with Gasteiger partial charge >= 0.3 is 118 Å². The van der Waals surface area contributed by atoms with Gasteiger partial charge in [-0.05, 0) is 49.4 Å². The number of carboxylic acid groups (broad SMARTS) is 4. The Morgan fingerprint density at radius 3 is 0.857 bits per heavy atom. The molecule has 0 spiro atoms. The first-order valence-electron chi connectivity index (χ1n) is 7.35. The Hall–Kier alpha value is 1.80. The van der Waals surface area contributed by atoms with Crippen LogP contribution in [0, 0.1) is 23.7 Å². The fourth-order valence-electron chi connectivity index (χ4n) is 3.73. The number of hydrogen-bond acceptors (Lipinski definition) is 10. The number of hydrogen-bond donors (Lipinski definition) is 2. The molecule has 4 N–H and O–H groups in total. The molecule has 0 aliphatic heterocycles. The predicted octanol–water partition coefficient (Wildman–Crippen LogP) is -18.3. The van der Waals surface area contributed by atoms with Crippen molar-refractivity contribution in [2.45, 2.75) is 37.8 Å². The van der Waals surface area contributed by atoms with Gasteiger partial charge in [0.05, 0.1) is 0 Å². The maximum atomic E-state index is 11.0. The zero-order chi connectivity index (χ0) is 18.6. The van der Waals surface area contributed by atoms with Gasteiger partial charge in [0.15, 0.2) is 0 Å². The van der Waals surface area contributed by atoms with E-state index in [1.54, 1.807) is 0 Å². The molecule has 1 rings (SSSR count). The number of carboxylic acids is 4. The molecule has 0 heterocycles. The molecule has 0 aromatic rings. The van der Waals surface area contributed by atoms with Gasteiger partial charge in [0.1, 0.15) is 0 Å². The Morgan fingerprint density at radius 1 is 0.500 bits per heavy atom. The van der Waals surface area contributed by atoms with Gasteiger partial charge in [-0.1, -0.05) is 0 Å². The van der Waals surface area contributed by atoms with Crippen LogP contribution in [0.1, 0.15) is 25.7 Å². The zero-order valence-corrected chi connectivity index (χ0v) is 24.7. The molecule has 136 valence electrons. The van der Waals surface area contributed by atoms with E-state index in [0.717, 1.165) is 0 Å². The molecule has 0 aromatic heterocycles. The quantitative estimate of drug-likeness (QED) is 0.344. The molecule has 1 fully saturated rings. The van der Waals surface area contributed by atoms with Gasteiger partial charge in [0.2, 0.25) is 0 Å². The minimum absolute atomic E-state index is 0. The van der Waals surface area contributed by atoms with E-state index in [1.807, 2.05) is 0 Å². The molecule has 6 atom stereocenters. The van der Waals surface area contributed by atoms with Crippen molar-refractivity contribution in [2.75, 3.05) is 0 Å². The molecular formula is C14H18N2Na4O8. The molecule has 10 nitrogen and oxygen atoms in total. The van der Waals surface area contributed by atoms with Crippen molar-refractivity contribution in [2.24, 2.45) is 35.1 Å². The second-order valence-corrected chi connectivity index (χ2v) is 6.11. The monoisotopic (exact) mass is 434 g/mol. The van der Waals surface area contributed by atoms with Crippen LogP contribution in [0.25, 0.3) is 0 Å². The van der Waals surface area contributed by atoms with E-state index < -0.39 is 85.3 Å². The van der Waals surface area contributed by atoms with Gasteiger partial charge in [-0.25, -0.2) is 0 Å². The van der Waals surface area contributed by atoms with E-state index in [4.69, 9.17) is 11.5 Å². The van der Waals surface area contributed by atoms with E-state index in [0.29, 0.717) is 0 Å². The van der Waals surface area contributed by atoms with Crippen LogP contribution >= 0.6 is 0 Å².